The fraction of sp³-hybridized carbons (Fsp3) is 0.0909. The predicted octanol–water partition coefficient (Wildman–Crippen LogP) is 2.43. The number of thiocarbonyl (C=S) groups is 1. The zero-order chi connectivity index (χ0) is 11.8. The Morgan fingerprint density at radius 2 is 2.12 bits per heavy atom. The summed E-state index contributed by atoms with van der Waals surface area (Å²) in [6.45, 7) is 4.20. The summed E-state index contributed by atoms with van der Waals surface area (Å²) >= 11 is 8.33. The largest absolute Gasteiger partial charge is 0.358 e. The van der Waals surface area contributed by atoms with Crippen LogP contribution in [0.25, 0.3) is 0 Å². The van der Waals surface area contributed by atoms with E-state index in [9.17, 15) is 0 Å². The van der Waals surface area contributed by atoms with Gasteiger partial charge in [-0.05, 0) is 29.9 Å². The Morgan fingerprint density at radius 1 is 1.44 bits per heavy atom. The van der Waals surface area contributed by atoms with Crippen molar-refractivity contribution in [1.29, 1.82) is 0 Å². The summed E-state index contributed by atoms with van der Waals surface area (Å²) in [5.41, 5.74) is 3.71. The minimum absolute atomic E-state index is 0.480. The normalized spacial score (nSPS) is 10.1. The van der Waals surface area contributed by atoms with Crippen LogP contribution in [-0.2, 0) is 0 Å². The monoisotopic (exact) mass is 297 g/mol. The van der Waals surface area contributed by atoms with E-state index in [1.807, 2.05) is 24.3 Å². The Morgan fingerprint density at radius 3 is 2.75 bits per heavy atom. The second-order valence-electron chi connectivity index (χ2n) is 2.92. The van der Waals surface area contributed by atoms with Crippen LogP contribution in [0.3, 0.4) is 0 Å². The van der Waals surface area contributed by atoms with Crippen molar-refractivity contribution in [2.45, 2.75) is 0 Å². The van der Waals surface area contributed by atoms with E-state index in [1.54, 1.807) is 12.3 Å². The van der Waals surface area contributed by atoms with Crippen molar-refractivity contribution in [2.75, 3.05) is 6.54 Å². The van der Waals surface area contributed by atoms with Crippen LogP contribution >= 0.6 is 28.1 Å². The highest BCUT2D eigenvalue weighted by Crippen LogP contribution is 2.08. The molecule has 1 rings (SSSR count). The van der Waals surface area contributed by atoms with Gasteiger partial charge in [0.15, 0.2) is 5.11 Å². The van der Waals surface area contributed by atoms with Crippen LogP contribution in [-0.4, -0.2) is 17.9 Å². The van der Waals surface area contributed by atoms with Gasteiger partial charge in [0, 0.05) is 11.0 Å². The van der Waals surface area contributed by atoms with Gasteiger partial charge >= 0.3 is 0 Å². The maximum atomic E-state index is 4.96. The molecular formula is C11H12BrN3S. The average molecular weight is 298 g/mol. The fourth-order valence-electron chi connectivity index (χ4n) is 0.919. The van der Waals surface area contributed by atoms with E-state index < -0.39 is 0 Å². The molecule has 0 bridgehead atoms. The third-order valence-electron chi connectivity index (χ3n) is 1.66. The molecule has 0 aromatic heterocycles. The minimum Gasteiger partial charge on any atom is -0.358 e. The smallest absolute Gasteiger partial charge is 0.187 e. The summed E-state index contributed by atoms with van der Waals surface area (Å²) in [5, 5.41) is 7.38. The topological polar surface area (TPSA) is 36.4 Å². The van der Waals surface area contributed by atoms with Crippen LogP contribution in [0.4, 0.5) is 0 Å². The minimum atomic E-state index is 0.480. The van der Waals surface area contributed by atoms with Gasteiger partial charge in [-0.15, -0.1) is 6.58 Å². The number of rotatable bonds is 4. The van der Waals surface area contributed by atoms with Gasteiger partial charge in [0.25, 0.3) is 0 Å². The molecule has 0 spiro atoms. The lowest BCUT2D eigenvalue weighted by Gasteiger charge is -2.02. The number of benzene rings is 1. The first-order valence-corrected chi connectivity index (χ1v) is 5.86. The van der Waals surface area contributed by atoms with Gasteiger partial charge in [-0.25, -0.2) is 0 Å². The van der Waals surface area contributed by atoms with Gasteiger partial charge in [-0.3, -0.25) is 5.43 Å². The van der Waals surface area contributed by atoms with Crippen molar-refractivity contribution >= 4 is 39.5 Å². The van der Waals surface area contributed by atoms with Gasteiger partial charge in [-0.2, -0.15) is 5.10 Å². The third kappa shape index (κ3) is 5.04. The lowest BCUT2D eigenvalue weighted by molar-refractivity contribution is 0.942. The molecule has 1 aromatic carbocycles. The van der Waals surface area contributed by atoms with Crippen molar-refractivity contribution in [3.8, 4) is 0 Å². The van der Waals surface area contributed by atoms with Crippen molar-refractivity contribution in [3.63, 3.8) is 0 Å². The molecule has 84 valence electrons. The lowest BCUT2D eigenvalue weighted by Crippen LogP contribution is -2.31. The van der Waals surface area contributed by atoms with Crippen LogP contribution in [0.15, 0.2) is 46.5 Å². The molecule has 0 atom stereocenters. The van der Waals surface area contributed by atoms with Gasteiger partial charge in [-0.1, -0.05) is 34.1 Å². The van der Waals surface area contributed by atoms with E-state index >= 15 is 0 Å². The summed E-state index contributed by atoms with van der Waals surface area (Å²) in [6.07, 6.45) is 3.43. The van der Waals surface area contributed by atoms with Crippen molar-refractivity contribution < 1.29 is 0 Å². The molecule has 3 nitrogen and oxygen atoms in total. The Kier molecular flexibility index (Phi) is 5.74. The van der Waals surface area contributed by atoms with E-state index in [0.29, 0.717) is 11.7 Å². The van der Waals surface area contributed by atoms with Gasteiger partial charge in [0.2, 0.25) is 0 Å². The summed E-state index contributed by atoms with van der Waals surface area (Å²) in [4.78, 5) is 0. The van der Waals surface area contributed by atoms with Crippen molar-refractivity contribution in [2.24, 2.45) is 5.10 Å². The summed E-state index contributed by atoms with van der Waals surface area (Å²) < 4.78 is 1.04. The standard InChI is InChI=1S/C11H12BrN3S/c1-2-7-13-11(16)15-14-8-9-3-5-10(12)6-4-9/h2-6,8H,1,7H2,(H2,13,15,16)/b14-8-. The molecule has 0 amide bonds. The molecule has 0 heterocycles. The van der Waals surface area contributed by atoms with Crippen LogP contribution in [0.2, 0.25) is 0 Å². The van der Waals surface area contributed by atoms with Crippen LogP contribution in [0, 0.1) is 0 Å². The van der Waals surface area contributed by atoms with Gasteiger partial charge in [0.05, 0.1) is 6.21 Å². The second-order valence-corrected chi connectivity index (χ2v) is 4.24. The van der Waals surface area contributed by atoms with Crippen molar-refractivity contribution in [3.05, 3.63) is 47.0 Å². The van der Waals surface area contributed by atoms with Crippen LogP contribution in [0.1, 0.15) is 5.56 Å². The first-order valence-electron chi connectivity index (χ1n) is 4.66. The van der Waals surface area contributed by atoms with Crippen LogP contribution in [0.5, 0.6) is 0 Å². The molecule has 1 aromatic rings. The van der Waals surface area contributed by atoms with E-state index in [-0.39, 0.29) is 0 Å². The maximum absolute atomic E-state index is 4.96. The SMILES string of the molecule is C=CCNC(=S)N/N=C\c1ccc(Br)cc1. The Labute approximate surface area is 109 Å². The summed E-state index contributed by atoms with van der Waals surface area (Å²) in [5.74, 6) is 0. The van der Waals surface area contributed by atoms with Crippen molar-refractivity contribution in [1.82, 2.24) is 10.7 Å². The molecule has 0 aliphatic rings. The predicted molar refractivity (Wildman–Crippen MR) is 75.7 cm³/mol. The Hall–Kier alpha value is -1.20. The van der Waals surface area contributed by atoms with Gasteiger partial charge < -0.3 is 5.32 Å². The molecule has 16 heavy (non-hydrogen) atoms. The Bertz CT molecular complexity index is 387. The molecule has 0 saturated heterocycles. The molecule has 5 heteroatoms. The number of nitrogens with zero attached hydrogens (tertiary/aromatic N) is 1. The quantitative estimate of drug-likeness (QED) is 0.388. The molecule has 2 N–H and O–H groups in total. The number of hydrazone groups is 1. The van der Waals surface area contributed by atoms with E-state index in [0.717, 1.165) is 10.0 Å². The highest BCUT2D eigenvalue weighted by Gasteiger charge is 1.90. The molecule has 0 fully saturated rings. The number of hydrogen-bond acceptors (Lipinski definition) is 2. The molecule has 0 aliphatic carbocycles. The second kappa shape index (κ2) is 7.14. The van der Waals surface area contributed by atoms with E-state index in [2.05, 4.69) is 38.4 Å². The van der Waals surface area contributed by atoms with Gasteiger partial charge in [0.1, 0.15) is 0 Å². The van der Waals surface area contributed by atoms with E-state index in [1.165, 1.54) is 0 Å². The average Bonchev–Trinajstić information content (AvgIpc) is 2.29. The highest BCUT2D eigenvalue weighted by molar-refractivity contribution is 9.10. The van der Waals surface area contributed by atoms with Crippen LogP contribution < -0.4 is 10.7 Å². The molecule has 0 unspecified atom stereocenters. The third-order valence-corrected chi connectivity index (χ3v) is 2.42. The summed E-state index contributed by atoms with van der Waals surface area (Å²) in [6, 6.07) is 7.82. The zero-order valence-electron chi connectivity index (χ0n) is 8.61. The molecular weight excluding hydrogens is 286 g/mol. The van der Waals surface area contributed by atoms with E-state index in [4.69, 9.17) is 12.2 Å². The number of hydrogen-bond donors (Lipinski definition) is 2. The number of nitrogens with one attached hydrogen (secondary N) is 2. The molecule has 0 aliphatic heterocycles. The Balaban J connectivity index is 2.39. The first-order chi connectivity index (χ1) is 7.72. The maximum Gasteiger partial charge on any atom is 0.187 e. The lowest BCUT2D eigenvalue weighted by atomic mass is 10.2. The summed E-state index contributed by atoms with van der Waals surface area (Å²) in [7, 11) is 0. The fourth-order valence-corrected chi connectivity index (χ4v) is 1.32. The zero-order valence-corrected chi connectivity index (χ0v) is 11.0. The highest BCUT2D eigenvalue weighted by atomic mass is 79.9. The molecule has 0 saturated carbocycles. The first kappa shape index (κ1) is 12.9. The number of halogens is 1. The molecule has 0 radical (unpaired) electrons.